The molecule has 0 aromatic rings. The first-order valence-corrected chi connectivity index (χ1v) is 3.87. The number of hydrogen-bond donors (Lipinski definition) is 0. The molecule has 12 heavy (non-hydrogen) atoms. The van der Waals surface area contributed by atoms with Crippen LogP contribution in [-0.4, -0.2) is 0 Å². The van der Waals surface area contributed by atoms with Gasteiger partial charge in [0.2, 0.25) is 0 Å². The summed E-state index contributed by atoms with van der Waals surface area (Å²) in [4.78, 5) is 0. The van der Waals surface area contributed by atoms with Crippen LogP contribution in [0.1, 0.15) is 20.8 Å². The first kappa shape index (κ1) is 11.1. The third kappa shape index (κ3) is 3.46. The molecule has 0 atom stereocenters. The molecule has 0 N–H and O–H groups in total. The summed E-state index contributed by atoms with van der Waals surface area (Å²) in [6.07, 6.45) is 2.44. The fourth-order valence-corrected chi connectivity index (χ4v) is 0.968. The van der Waals surface area contributed by atoms with Crippen LogP contribution >= 0.6 is 0 Å². The zero-order valence-corrected chi connectivity index (χ0v) is 7.70. The lowest BCUT2D eigenvalue weighted by molar-refractivity contribution is 0.593. The van der Waals surface area contributed by atoms with E-state index >= 15 is 0 Å². The Morgan fingerprint density at radius 2 is 1.83 bits per heavy atom. The van der Waals surface area contributed by atoms with Crippen molar-refractivity contribution in [3.05, 3.63) is 36.0 Å². The Labute approximate surface area is 72.3 Å². The Hall–Kier alpha value is -0.920. The average molecular weight is 172 g/mol. The second-order valence-corrected chi connectivity index (χ2v) is 2.84. The highest BCUT2D eigenvalue weighted by atomic mass is 19.1. The van der Waals surface area contributed by atoms with Crippen molar-refractivity contribution in [3.8, 4) is 0 Å². The molecule has 0 radical (unpaired) electrons. The largest absolute Gasteiger partial charge is 0.208 e. The van der Waals surface area contributed by atoms with Crippen LogP contribution < -0.4 is 0 Å². The lowest BCUT2D eigenvalue weighted by Crippen LogP contribution is -1.94. The molecule has 0 aromatic carbocycles. The van der Waals surface area contributed by atoms with Gasteiger partial charge in [-0.3, -0.25) is 0 Å². The lowest BCUT2D eigenvalue weighted by atomic mass is 10.0. The van der Waals surface area contributed by atoms with Crippen LogP contribution in [0, 0.1) is 5.92 Å². The lowest BCUT2D eigenvalue weighted by Gasteiger charge is -2.07. The molecule has 0 spiro atoms. The van der Waals surface area contributed by atoms with Gasteiger partial charge in [-0.05, 0) is 18.4 Å². The Kier molecular flexibility index (Phi) is 4.49. The molecule has 0 saturated carbocycles. The van der Waals surface area contributed by atoms with Crippen molar-refractivity contribution >= 4 is 0 Å². The van der Waals surface area contributed by atoms with E-state index in [0.717, 1.165) is 6.08 Å². The molecule has 68 valence electrons. The topological polar surface area (TPSA) is 0 Å². The highest BCUT2D eigenvalue weighted by Gasteiger charge is 2.07. The van der Waals surface area contributed by atoms with Gasteiger partial charge in [-0.2, -0.15) is 0 Å². The molecule has 0 aliphatic heterocycles. The average Bonchev–Trinajstić information content (AvgIpc) is 1.85. The number of halogens is 2. The monoisotopic (exact) mass is 172 g/mol. The van der Waals surface area contributed by atoms with Gasteiger partial charge in [0.25, 0.3) is 0 Å². The van der Waals surface area contributed by atoms with Crippen LogP contribution in [-0.2, 0) is 0 Å². The van der Waals surface area contributed by atoms with Crippen molar-refractivity contribution < 1.29 is 8.78 Å². The molecule has 0 heterocycles. The highest BCUT2D eigenvalue weighted by molar-refractivity contribution is 5.30. The summed E-state index contributed by atoms with van der Waals surface area (Å²) in [5, 5.41) is 0. The van der Waals surface area contributed by atoms with Crippen molar-refractivity contribution in [1.82, 2.24) is 0 Å². The standard InChI is InChI=1S/C10H14F2/c1-5-9(7(2)3)10(12)6-8(4)11/h5-7H,4H2,1-3H3/b9-5-,10-6+. The van der Waals surface area contributed by atoms with Crippen LogP contribution in [0.25, 0.3) is 0 Å². The minimum Gasteiger partial charge on any atom is -0.208 e. The van der Waals surface area contributed by atoms with Gasteiger partial charge in [0.05, 0.1) is 0 Å². The first-order valence-electron chi connectivity index (χ1n) is 3.87. The summed E-state index contributed by atoms with van der Waals surface area (Å²) in [5.41, 5.74) is 0.508. The molecule has 0 rings (SSSR count). The van der Waals surface area contributed by atoms with E-state index in [-0.39, 0.29) is 5.92 Å². The molecule has 2 heteroatoms. The SMILES string of the molecule is C=C(F)/C=C(F)\C(=C/C)C(C)C. The summed E-state index contributed by atoms with van der Waals surface area (Å²) >= 11 is 0. The summed E-state index contributed by atoms with van der Waals surface area (Å²) in [5.74, 6) is -1.24. The quantitative estimate of drug-likeness (QED) is 0.566. The molecular formula is C10H14F2. The van der Waals surface area contributed by atoms with Gasteiger partial charge < -0.3 is 0 Å². The van der Waals surface area contributed by atoms with Crippen molar-refractivity contribution in [2.75, 3.05) is 0 Å². The Balaban J connectivity index is 4.66. The summed E-state index contributed by atoms with van der Waals surface area (Å²) < 4.78 is 25.2. The van der Waals surface area contributed by atoms with Gasteiger partial charge in [-0.1, -0.05) is 26.5 Å². The number of hydrogen-bond acceptors (Lipinski definition) is 0. The predicted molar refractivity (Wildman–Crippen MR) is 48.0 cm³/mol. The summed E-state index contributed by atoms with van der Waals surface area (Å²) in [6.45, 7) is 8.39. The van der Waals surface area contributed by atoms with Crippen molar-refractivity contribution in [2.24, 2.45) is 5.92 Å². The van der Waals surface area contributed by atoms with E-state index in [1.54, 1.807) is 13.0 Å². The van der Waals surface area contributed by atoms with Gasteiger partial charge in [0.15, 0.2) is 0 Å². The maximum absolute atomic E-state index is 13.1. The third-order valence-electron chi connectivity index (χ3n) is 1.49. The van der Waals surface area contributed by atoms with Crippen LogP contribution in [0.15, 0.2) is 36.0 Å². The van der Waals surface area contributed by atoms with Crippen LogP contribution in [0.4, 0.5) is 8.78 Å². The molecule has 0 amide bonds. The van der Waals surface area contributed by atoms with Crippen LogP contribution in [0.3, 0.4) is 0 Å². The first-order chi connectivity index (χ1) is 5.49. The Morgan fingerprint density at radius 3 is 2.08 bits per heavy atom. The maximum atomic E-state index is 13.1. The minimum absolute atomic E-state index is 0.0607. The molecule has 0 unspecified atom stereocenters. The van der Waals surface area contributed by atoms with E-state index in [4.69, 9.17) is 0 Å². The van der Waals surface area contributed by atoms with E-state index in [9.17, 15) is 8.78 Å². The molecule has 0 saturated heterocycles. The van der Waals surface area contributed by atoms with E-state index in [0.29, 0.717) is 5.57 Å². The Morgan fingerprint density at radius 1 is 1.33 bits per heavy atom. The van der Waals surface area contributed by atoms with Gasteiger partial charge >= 0.3 is 0 Å². The zero-order chi connectivity index (χ0) is 9.72. The molecular weight excluding hydrogens is 158 g/mol. The maximum Gasteiger partial charge on any atom is 0.129 e. The highest BCUT2D eigenvalue weighted by Crippen LogP contribution is 2.21. The summed E-state index contributed by atoms with van der Waals surface area (Å²) in [7, 11) is 0. The van der Waals surface area contributed by atoms with E-state index < -0.39 is 11.7 Å². The molecule has 0 aromatic heterocycles. The van der Waals surface area contributed by atoms with Crippen molar-refractivity contribution in [2.45, 2.75) is 20.8 Å². The molecule has 0 nitrogen and oxygen atoms in total. The van der Waals surface area contributed by atoms with Crippen LogP contribution in [0.2, 0.25) is 0 Å². The van der Waals surface area contributed by atoms with E-state index in [1.165, 1.54) is 0 Å². The third-order valence-corrected chi connectivity index (χ3v) is 1.49. The number of allylic oxidation sites excluding steroid dienone is 5. The van der Waals surface area contributed by atoms with Gasteiger partial charge in [-0.25, -0.2) is 8.78 Å². The molecule has 0 fully saturated rings. The second kappa shape index (κ2) is 4.86. The van der Waals surface area contributed by atoms with Crippen molar-refractivity contribution in [1.29, 1.82) is 0 Å². The normalized spacial score (nSPS) is 13.8. The zero-order valence-electron chi connectivity index (χ0n) is 7.70. The molecule has 0 aliphatic rings. The van der Waals surface area contributed by atoms with Crippen LogP contribution in [0.5, 0.6) is 0 Å². The van der Waals surface area contributed by atoms with E-state index in [1.807, 2.05) is 13.8 Å². The summed E-state index contributed by atoms with van der Waals surface area (Å²) in [6, 6.07) is 0. The fourth-order valence-electron chi connectivity index (χ4n) is 0.968. The van der Waals surface area contributed by atoms with E-state index in [2.05, 4.69) is 6.58 Å². The van der Waals surface area contributed by atoms with Gasteiger partial charge in [-0.15, -0.1) is 0 Å². The fraction of sp³-hybridized carbons (Fsp3) is 0.400. The van der Waals surface area contributed by atoms with Gasteiger partial charge in [0.1, 0.15) is 11.7 Å². The minimum atomic E-state index is -0.757. The van der Waals surface area contributed by atoms with Gasteiger partial charge in [0, 0.05) is 6.08 Å². The smallest absolute Gasteiger partial charge is 0.129 e. The Bertz CT molecular complexity index is 222. The molecule has 0 bridgehead atoms. The number of rotatable bonds is 3. The predicted octanol–water partition coefficient (Wildman–Crippen LogP) is 3.93. The van der Waals surface area contributed by atoms with Crippen molar-refractivity contribution in [3.63, 3.8) is 0 Å². The molecule has 0 aliphatic carbocycles. The second-order valence-electron chi connectivity index (χ2n) is 2.84.